The van der Waals surface area contributed by atoms with Gasteiger partial charge in [0.05, 0.1) is 22.9 Å². The number of esters is 1. The fourth-order valence-corrected chi connectivity index (χ4v) is 5.16. The van der Waals surface area contributed by atoms with Crippen LogP contribution in [0.4, 0.5) is 5.00 Å². The summed E-state index contributed by atoms with van der Waals surface area (Å²) in [5.74, 6) is -0.0959. The molecular weight excluding hydrogens is 503 g/mol. The van der Waals surface area contributed by atoms with Gasteiger partial charge in [-0.1, -0.05) is 48.0 Å². The molecule has 3 rings (SSSR count). The van der Waals surface area contributed by atoms with E-state index < -0.39 is 5.97 Å². The van der Waals surface area contributed by atoms with Crippen molar-refractivity contribution in [2.45, 2.75) is 32.0 Å². The highest BCUT2D eigenvalue weighted by atomic mass is 35.5. The Kier molecular flexibility index (Phi) is 8.96. The molecule has 7 nitrogen and oxygen atoms in total. The third-order valence-electron chi connectivity index (χ3n) is 4.41. The van der Waals surface area contributed by atoms with Gasteiger partial charge in [0.1, 0.15) is 5.00 Å². The molecule has 3 aromatic rings. The number of nitrogens with zero attached hydrogens (tertiary/aromatic N) is 3. The molecule has 0 unspecified atom stereocenters. The van der Waals surface area contributed by atoms with Crippen molar-refractivity contribution >= 4 is 63.2 Å². The second kappa shape index (κ2) is 11.7. The van der Waals surface area contributed by atoms with Crippen LogP contribution in [0.25, 0.3) is 11.4 Å². The number of nitrogens with one attached hydrogen (secondary N) is 1. The number of carbonyl (C=O) groups excluding carboxylic acids is 2. The molecule has 0 aliphatic carbocycles. The summed E-state index contributed by atoms with van der Waals surface area (Å²) in [6.45, 7) is 8.21. The lowest BCUT2D eigenvalue weighted by molar-refractivity contribution is -0.113. The number of hydrogen-bond donors (Lipinski definition) is 1. The summed E-state index contributed by atoms with van der Waals surface area (Å²) in [7, 11) is 0. The average Bonchev–Trinajstić information content (AvgIpc) is 3.37. The van der Waals surface area contributed by atoms with Crippen LogP contribution in [-0.4, -0.2) is 39.0 Å². The maximum Gasteiger partial charge on any atom is 0.341 e. The van der Waals surface area contributed by atoms with Gasteiger partial charge in [-0.15, -0.1) is 28.1 Å². The molecule has 2 aromatic heterocycles. The fourth-order valence-electron chi connectivity index (χ4n) is 2.92. The van der Waals surface area contributed by atoms with Gasteiger partial charge < -0.3 is 10.1 Å². The molecule has 1 N–H and O–H groups in total. The average molecular weight is 525 g/mol. The summed E-state index contributed by atoms with van der Waals surface area (Å²) in [5, 5.41) is 13.3. The standard InChI is InChI=1S/C22H22Cl2N4O3S2/c1-4-9-28-19(15-8-7-13(23)10-17(15)24)26-27-22(28)32-12-18(29)25-20-16(21(30)31-6-3)11-14(5-2)33-20/h4,7-8,10-11H,1,5-6,9,12H2,2-3H3,(H,25,29). The van der Waals surface area contributed by atoms with E-state index in [1.54, 1.807) is 37.3 Å². The first-order valence-corrected chi connectivity index (χ1v) is 12.7. The first-order valence-electron chi connectivity index (χ1n) is 10.1. The summed E-state index contributed by atoms with van der Waals surface area (Å²) >= 11 is 14.9. The van der Waals surface area contributed by atoms with Crippen LogP contribution in [-0.2, 0) is 22.5 Å². The second-order valence-electron chi connectivity index (χ2n) is 6.70. The zero-order chi connectivity index (χ0) is 24.0. The van der Waals surface area contributed by atoms with Gasteiger partial charge in [0.15, 0.2) is 11.0 Å². The molecular formula is C22H22Cl2N4O3S2. The monoisotopic (exact) mass is 524 g/mol. The van der Waals surface area contributed by atoms with E-state index in [0.717, 1.165) is 11.3 Å². The summed E-state index contributed by atoms with van der Waals surface area (Å²) in [6, 6.07) is 6.89. The smallest absolute Gasteiger partial charge is 0.341 e. The molecule has 33 heavy (non-hydrogen) atoms. The Bertz CT molecular complexity index is 1180. The molecule has 11 heteroatoms. The van der Waals surface area contributed by atoms with Crippen LogP contribution in [0.5, 0.6) is 0 Å². The van der Waals surface area contributed by atoms with E-state index in [1.165, 1.54) is 23.1 Å². The van der Waals surface area contributed by atoms with Gasteiger partial charge >= 0.3 is 5.97 Å². The number of benzene rings is 1. The Labute approximate surface area is 210 Å². The van der Waals surface area contributed by atoms with Gasteiger partial charge in [0.2, 0.25) is 5.91 Å². The van der Waals surface area contributed by atoms with Gasteiger partial charge in [0, 0.05) is 22.0 Å². The third-order valence-corrected chi connectivity index (χ3v) is 7.12. The van der Waals surface area contributed by atoms with Crippen molar-refractivity contribution in [3.8, 4) is 11.4 Å². The number of thioether (sulfide) groups is 1. The van der Waals surface area contributed by atoms with Crippen molar-refractivity contribution in [2.24, 2.45) is 0 Å². The Morgan fingerprint density at radius 2 is 2.06 bits per heavy atom. The quantitative estimate of drug-likeness (QED) is 0.199. The number of halogens is 2. The van der Waals surface area contributed by atoms with E-state index in [9.17, 15) is 9.59 Å². The Morgan fingerprint density at radius 1 is 1.27 bits per heavy atom. The van der Waals surface area contributed by atoms with Gasteiger partial charge in [-0.25, -0.2) is 4.79 Å². The molecule has 0 atom stereocenters. The van der Waals surface area contributed by atoms with Gasteiger partial charge in [-0.2, -0.15) is 0 Å². The molecule has 1 amide bonds. The lowest BCUT2D eigenvalue weighted by Crippen LogP contribution is -2.16. The van der Waals surface area contributed by atoms with E-state index in [-0.39, 0.29) is 18.3 Å². The van der Waals surface area contributed by atoms with Crippen molar-refractivity contribution in [2.75, 3.05) is 17.7 Å². The van der Waals surface area contributed by atoms with Gasteiger partial charge in [0.25, 0.3) is 0 Å². The highest BCUT2D eigenvalue weighted by Gasteiger charge is 2.20. The second-order valence-corrected chi connectivity index (χ2v) is 9.62. The van der Waals surface area contributed by atoms with E-state index in [1.807, 2.05) is 11.5 Å². The molecule has 0 saturated carbocycles. The number of rotatable bonds is 10. The minimum atomic E-state index is -0.452. The largest absolute Gasteiger partial charge is 0.462 e. The zero-order valence-electron chi connectivity index (χ0n) is 18.1. The number of aryl methyl sites for hydroxylation is 1. The van der Waals surface area contributed by atoms with E-state index in [4.69, 9.17) is 27.9 Å². The maximum atomic E-state index is 12.7. The molecule has 1 aromatic carbocycles. The number of amides is 1. The number of ether oxygens (including phenoxy) is 1. The molecule has 2 heterocycles. The molecule has 0 fully saturated rings. The molecule has 0 aliphatic rings. The normalized spacial score (nSPS) is 10.8. The highest BCUT2D eigenvalue weighted by Crippen LogP contribution is 2.32. The predicted molar refractivity (Wildman–Crippen MR) is 135 cm³/mol. The summed E-state index contributed by atoms with van der Waals surface area (Å²) in [4.78, 5) is 25.9. The van der Waals surface area contributed by atoms with Crippen LogP contribution in [0.3, 0.4) is 0 Å². The predicted octanol–water partition coefficient (Wildman–Crippen LogP) is 5.97. The topological polar surface area (TPSA) is 86.1 Å². The number of allylic oxidation sites excluding steroid dienone is 1. The first-order chi connectivity index (χ1) is 15.9. The minimum absolute atomic E-state index is 0.0747. The van der Waals surface area contributed by atoms with Crippen molar-refractivity contribution in [1.29, 1.82) is 0 Å². The molecule has 0 spiro atoms. The molecule has 0 bridgehead atoms. The first kappa shape index (κ1) is 25.3. The number of carbonyl (C=O) groups is 2. The van der Waals surface area contributed by atoms with Crippen molar-refractivity contribution < 1.29 is 14.3 Å². The Morgan fingerprint density at radius 3 is 2.73 bits per heavy atom. The van der Waals surface area contributed by atoms with E-state index in [0.29, 0.717) is 43.7 Å². The Balaban J connectivity index is 1.76. The van der Waals surface area contributed by atoms with E-state index in [2.05, 4.69) is 22.1 Å². The highest BCUT2D eigenvalue weighted by molar-refractivity contribution is 7.99. The van der Waals surface area contributed by atoms with Crippen LogP contribution < -0.4 is 5.32 Å². The lowest BCUT2D eigenvalue weighted by atomic mass is 10.2. The van der Waals surface area contributed by atoms with Crippen LogP contribution in [0.1, 0.15) is 29.1 Å². The summed E-state index contributed by atoms with van der Waals surface area (Å²) < 4.78 is 6.93. The number of anilines is 1. The Hall–Kier alpha value is -2.33. The van der Waals surface area contributed by atoms with Gasteiger partial charge in [-0.3, -0.25) is 9.36 Å². The molecule has 174 valence electrons. The van der Waals surface area contributed by atoms with Crippen LogP contribution >= 0.6 is 46.3 Å². The lowest BCUT2D eigenvalue weighted by Gasteiger charge is -2.09. The summed E-state index contributed by atoms with van der Waals surface area (Å²) in [5.41, 5.74) is 1.04. The number of hydrogen-bond acceptors (Lipinski definition) is 7. The number of aromatic nitrogens is 3. The fraction of sp³-hybridized carbons (Fsp3) is 0.273. The third kappa shape index (κ3) is 6.17. The summed E-state index contributed by atoms with van der Waals surface area (Å²) in [6.07, 6.45) is 2.47. The zero-order valence-corrected chi connectivity index (χ0v) is 21.2. The molecule has 0 radical (unpaired) electrons. The van der Waals surface area contributed by atoms with Crippen molar-refractivity contribution in [1.82, 2.24) is 14.8 Å². The van der Waals surface area contributed by atoms with Crippen LogP contribution in [0.2, 0.25) is 10.0 Å². The van der Waals surface area contributed by atoms with Crippen molar-refractivity contribution in [3.05, 3.63) is 57.4 Å². The van der Waals surface area contributed by atoms with Crippen LogP contribution in [0, 0.1) is 0 Å². The van der Waals surface area contributed by atoms with Crippen molar-refractivity contribution in [3.63, 3.8) is 0 Å². The van der Waals surface area contributed by atoms with Crippen LogP contribution in [0.15, 0.2) is 42.1 Å². The number of thiophene rings is 1. The van der Waals surface area contributed by atoms with Gasteiger partial charge in [-0.05, 0) is 37.6 Å². The minimum Gasteiger partial charge on any atom is -0.462 e. The maximum absolute atomic E-state index is 12.7. The SMILES string of the molecule is C=CCn1c(SCC(=O)Nc2sc(CC)cc2C(=O)OCC)nnc1-c1ccc(Cl)cc1Cl. The molecule has 0 aliphatic heterocycles. The van der Waals surface area contributed by atoms with E-state index >= 15 is 0 Å². The molecule has 0 saturated heterocycles.